The van der Waals surface area contributed by atoms with Gasteiger partial charge in [0.25, 0.3) is 5.91 Å². The summed E-state index contributed by atoms with van der Waals surface area (Å²) >= 11 is 5.68. The van der Waals surface area contributed by atoms with Gasteiger partial charge in [-0.3, -0.25) is 9.89 Å². The molecule has 0 aliphatic rings. The molecule has 0 aliphatic heterocycles. The number of hydrogen-bond donors (Lipinski definition) is 2. The molecule has 1 amide bonds. The molecule has 1 aromatic heterocycles. The second kappa shape index (κ2) is 5.99. The Morgan fingerprint density at radius 3 is 2.64 bits per heavy atom. The Kier molecular flexibility index (Phi) is 3.89. The van der Waals surface area contributed by atoms with E-state index in [4.69, 9.17) is 11.6 Å². The molecule has 2 aromatic carbocycles. The summed E-state index contributed by atoms with van der Waals surface area (Å²) in [5.41, 5.74) is 2.29. The summed E-state index contributed by atoms with van der Waals surface area (Å²) in [5, 5.41) is 9.37. The summed E-state index contributed by atoms with van der Waals surface area (Å²) in [7, 11) is 0. The molecule has 6 heteroatoms. The fraction of sp³-hybridized carbons (Fsp3) is 0. The Hall–Kier alpha value is -2.66. The third kappa shape index (κ3) is 2.99. The molecule has 1 heterocycles. The SMILES string of the molecule is O=C(Nc1ccc(F)c(Cl)c1)c1cc(-c2ccccc2)n[nH]1. The quantitative estimate of drug-likeness (QED) is 0.763. The summed E-state index contributed by atoms with van der Waals surface area (Å²) < 4.78 is 13.1. The number of carbonyl (C=O) groups is 1. The van der Waals surface area contributed by atoms with Gasteiger partial charge in [0, 0.05) is 11.3 Å². The Bertz CT molecular complexity index is 817. The van der Waals surface area contributed by atoms with Gasteiger partial charge in [0.05, 0.1) is 10.7 Å². The van der Waals surface area contributed by atoms with Gasteiger partial charge < -0.3 is 5.32 Å². The molecule has 4 nitrogen and oxygen atoms in total. The van der Waals surface area contributed by atoms with Gasteiger partial charge in [0.2, 0.25) is 0 Å². The van der Waals surface area contributed by atoms with Crippen LogP contribution in [0.25, 0.3) is 11.3 Å². The Labute approximate surface area is 130 Å². The van der Waals surface area contributed by atoms with Crippen LogP contribution >= 0.6 is 11.6 Å². The number of halogens is 2. The molecule has 0 bridgehead atoms. The van der Waals surface area contributed by atoms with E-state index in [2.05, 4.69) is 15.5 Å². The van der Waals surface area contributed by atoms with Crippen LogP contribution in [0.4, 0.5) is 10.1 Å². The number of H-pyrrole nitrogens is 1. The highest BCUT2D eigenvalue weighted by molar-refractivity contribution is 6.31. The number of aromatic nitrogens is 2. The Morgan fingerprint density at radius 2 is 1.91 bits per heavy atom. The van der Waals surface area contributed by atoms with Crippen molar-refractivity contribution in [2.45, 2.75) is 0 Å². The fourth-order valence-electron chi connectivity index (χ4n) is 1.97. The van der Waals surface area contributed by atoms with E-state index in [1.165, 1.54) is 18.2 Å². The second-order valence-electron chi connectivity index (χ2n) is 4.62. The van der Waals surface area contributed by atoms with Crippen LogP contribution in [0.1, 0.15) is 10.5 Å². The molecule has 0 spiro atoms. The smallest absolute Gasteiger partial charge is 0.273 e. The molecular weight excluding hydrogens is 305 g/mol. The van der Waals surface area contributed by atoms with Gasteiger partial charge in [-0.2, -0.15) is 5.10 Å². The first-order chi connectivity index (χ1) is 10.6. The molecule has 0 radical (unpaired) electrons. The maximum Gasteiger partial charge on any atom is 0.273 e. The van der Waals surface area contributed by atoms with Crippen molar-refractivity contribution in [2.24, 2.45) is 0 Å². The van der Waals surface area contributed by atoms with E-state index in [1.807, 2.05) is 30.3 Å². The summed E-state index contributed by atoms with van der Waals surface area (Å²) in [4.78, 5) is 12.1. The number of amides is 1. The molecule has 0 fully saturated rings. The van der Waals surface area contributed by atoms with E-state index in [1.54, 1.807) is 6.07 Å². The molecule has 3 rings (SSSR count). The third-order valence-corrected chi connectivity index (χ3v) is 3.36. The number of benzene rings is 2. The van der Waals surface area contributed by atoms with Gasteiger partial charge in [0.15, 0.2) is 0 Å². The number of hydrogen-bond acceptors (Lipinski definition) is 2. The topological polar surface area (TPSA) is 57.8 Å². The fourth-order valence-corrected chi connectivity index (χ4v) is 2.15. The maximum absolute atomic E-state index is 13.1. The first kappa shape index (κ1) is 14.3. The predicted octanol–water partition coefficient (Wildman–Crippen LogP) is 4.12. The van der Waals surface area contributed by atoms with Gasteiger partial charge in [-0.05, 0) is 24.3 Å². The third-order valence-electron chi connectivity index (χ3n) is 3.07. The highest BCUT2D eigenvalue weighted by Gasteiger charge is 2.12. The monoisotopic (exact) mass is 315 g/mol. The van der Waals surface area contributed by atoms with Crippen molar-refractivity contribution in [3.63, 3.8) is 0 Å². The molecule has 0 aliphatic carbocycles. The van der Waals surface area contributed by atoms with E-state index < -0.39 is 5.82 Å². The van der Waals surface area contributed by atoms with E-state index in [0.29, 0.717) is 17.1 Å². The molecule has 22 heavy (non-hydrogen) atoms. The standard InChI is InChI=1S/C16H11ClFN3O/c17-12-8-11(6-7-13(12)18)19-16(22)15-9-14(20-21-15)10-4-2-1-3-5-10/h1-9H,(H,19,22)(H,20,21). The van der Waals surface area contributed by atoms with E-state index >= 15 is 0 Å². The first-order valence-electron chi connectivity index (χ1n) is 6.51. The Balaban J connectivity index is 1.78. The van der Waals surface area contributed by atoms with Gasteiger partial charge in [-0.15, -0.1) is 0 Å². The zero-order chi connectivity index (χ0) is 15.5. The van der Waals surface area contributed by atoms with Crippen LogP contribution in [0.5, 0.6) is 0 Å². The number of nitrogens with zero attached hydrogens (tertiary/aromatic N) is 1. The van der Waals surface area contributed by atoms with E-state index in [9.17, 15) is 9.18 Å². The first-order valence-corrected chi connectivity index (χ1v) is 6.88. The predicted molar refractivity (Wildman–Crippen MR) is 83.4 cm³/mol. The van der Waals surface area contributed by atoms with Gasteiger partial charge >= 0.3 is 0 Å². The number of carbonyl (C=O) groups excluding carboxylic acids is 1. The van der Waals surface area contributed by atoms with E-state index in [0.717, 1.165) is 5.56 Å². The molecule has 2 N–H and O–H groups in total. The zero-order valence-electron chi connectivity index (χ0n) is 11.3. The Morgan fingerprint density at radius 1 is 1.14 bits per heavy atom. The van der Waals surface area contributed by atoms with Crippen LogP contribution in [0.3, 0.4) is 0 Å². The molecule has 0 atom stereocenters. The molecule has 0 saturated heterocycles. The van der Waals surface area contributed by atoms with Crippen LogP contribution in [0.15, 0.2) is 54.6 Å². The second-order valence-corrected chi connectivity index (χ2v) is 5.02. The highest BCUT2D eigenvalue weighted by atomic mass is 35.5. The van der Waals surface area contributed by atoms with Crippen LogP contribution in [-0.2, 0) is 0 Å². The number of nitrogens with one attached hydrogen (secondary N) is 2. The largest absolute Gasteiger partial charge is 0.321 e. The number of rotatable bonds is 3. The highest BCUT2D eigenvalue weighted by Crippen LogP contribution is 2.21. The van der Waals surface area contributed by atoms with Crippen molar-refractivity contribution < 1.29 is 9.18 Å². The molecule has 3 aromatic rings. The molecule has 0 unspecified atom stereocenters. The van der Waals surface area contributed by atoms with Crippen molar-refractivity contribution in [3.8, 4) is 11.3 Å². The summed E-state index contributed by atoms with van der Waals surface area (Å²) in [6, 6.07) is 15.1. The lowest BCUT2D eigenvalue weighted by molar-refractivity contribution is 0.102. The lowest BCUT2D eigenvalue weighted by Crippen LogP contribution is -2.12. The zero-order valence-corrected chi connectivity index (χ0v) is 12.1. The summed E-state index contributed by atoms with van der Waals surface area (Å²) in [6.45, 7) is 0. The lowest BCUT2D eigenvalue weighted by Gasteiger charge is -2.04. The van der Waals surface area contributed by atoms with Crippen molar-refractivity contribution in [3.05, 3.63) is 71.1 Å². The molecule has 0 saturated carbocycles. The van der Waals surface area contributed by atoms with E-state index in [-0.39, 0.29) is 10.9 Å². The lowest BCUT2D eigenvalue weighted by atomic mass is 10.1. The van der Waals surface area contributed by atoms with Crippen molar-refractivity contribution >= 4 is 23.2 Å². The van der Waals surface area contributed by atoms with Crippen LogP contribution < -0.4 is 5.32 Å². The van der Waals surface area contributed by atoms with Gasteiger partial charge in [0.1, 0.15) is 11.5 Å². The minimum Gasteiger partial charge on any atom is -0.321 e. The average Bonchev–Trinajstić information content (AvgIpc) is 3.02. The number of anilines is 1. The normalized spacial score (nSPS) is 10.5. The van der Waals surface area contributed by atoms with Gasteiger partial charge in [-0.1, -0.05) is 41.9 Å². The van der Waals surface area contributed by atoms with Crippen LogP contribution in [-0.4, -0.2) is 16.1 Å². The average molecular weight is 316 g/mol. The van der Waals surface area contributed by atoms with Crippen molar-refractivity contribution in [1.82, 2.24) is 10.2 Å². The van der Waals surface area contributed by atoms with Crippen LogP contribution in [0, 0.1) is 5.82 Å². The molecule has 110 valence electrons. The van der Waals surface area contributed by atoms with Crippen molar-refractivity contribution in [1.29, 1.82) is 0 Å². The minimum atomic E-state index is -0.535. The number of aromatic amines is 1. The van der Waals surface area contributed by atoms with Crippen LogP contribution in [0.2, 0.25) is 5.02 Å². The maximum atomic E-state index is 13.1. The minimum absolute atomic E-state index is 0.0487. The summed E-state index contributed by atoms with van der Waals surface area (Å²) in [5.74, 6) is -0.912. The van der Waals surface area contributed by atoms with Gasteiger partial charge in [-0.25, -0.2) is 4.39 Å². The summed E-state index contributed by atoms with van der Waals surface area (Å²) in [6.07, 6.45) is 0. The van der Waals surface area contributed by atoms with Crippen molar-refractivity contribution in [2.75, 3.05) is 5.32 Å². The molecular formula is C16H11ClFN3O.